The van der Waals surface area contributed by atoms with Crippen LogP contribution in [-0.2, 0) is 0 Å². The van der Waals surface area contributed by atoms with Crippen LogP contribution < -0.4 is 4.90 Å². The van der Waals surface area contributed by atoms with Gasteiger partial charge in [0, 0.05) is 47.4 Å². The summed E-state index contributed by atoms with van der Waals surface area (Å²) in [5, 5.41) is 12.3. The maximum absolute atomic E-state index is 16.5. The molecule has 4 aromatic rings. The smallest absolute Gasteiger partial charge is 0.407 e. The molecule has 1 N–H and O–H groups in total. The van der Waals surface area contributed by atoms with Gasteiger partial charge in [0.1, 0.15) is 19.3 Å². The Morgan fingerprint density at radius 1 is 1.02 bits per heavy atom. The number of amides is 1. The Labute approximate surface area is 264 Å². The SMILES string of the molecule is CC(C)[Si](C#Cc1cccc2cccc(-c3ncc4c(N5C[C@@H]6[C@H]5CCN6C(=O)O)c(Cl)cnc4c3F)c12)(C(C)C)C(C)C. The Balaban J connectivity index is 1.48. The first-order chi connectivity index (χ1) is 21.0. The molecule has 0 aliphatic carbocycles. The van der Waals surface area contributed by atoms with Crippen molar-refractivity contribution in [2.24, 2.45) is 0 Å². The number of carboxylic acid groups (broad SMARTS) is 1. The van der Waals surface area contributed by atoms with E-state index in [9.17, 15) is 9.90 Å². The van der Waals surface area contributed by atoms with Crippen LogP contribution in [0.5, 0.6) is 0 Å². The third-order valence-corrected chi connectivity index (χ3v) is 16.6. The Morgan fingerprint density at radius 2 is 1.70 bits per heavy atom. The van der Waals surface area contributed by atoms with Crippen LogP contribution in [-0.4, -0.2) is 59.3 Å². The molecule has 0 unspecified atom stereocenters. The fraction of sp³-hybridized carbons (Fsp3) is 0.400. The molecule has 2 fully saturated rings. The third kappa shape index (κ3) is 4.64. The number of fused-ring (bicyclic) bond motifs is 3. The van der Waals surface area contributed by atoms with E-state index in [2.05, 4.69) is 67.9 Å². The van der Waals surface area contributed by atoms with Gasteiger partial charge in [-0.25, -0.2) is 9.18 Å². The van der Waals surface area contributed by atoms with Crippen molar-refractivity contribution in [1.29, 1.82) is 0 Å². The van der Waals surface area contributed by atoms with Crippen LogP contribution in [0.3, 0.4) is 0 Å². The van der Waals surface area contributed by atoms with Crippen molar-refractivity contribution >= 4 is 53.1 Å². The maximum Gasteiger partial charge on any atom is 0.407 e. The highest BCUT2D eigenvalue weighted by Gasteiger charge is 2.50. The molecule has 2 aromatic heterocycles. The lowest BCUT2D eigenvalue weighted by atomic mass is 9.94. The monoisotopic (exact) mass is 628 g/mol. The summed E-state index contributed by atoms with van der Waals surface area (Å²) < 4.78 is 16.5. The van der Waals surface area contributed by atoms with E-state index in [0.717, 1.165) is 16.3 Å². The van der Waals surface area contributed by atoms with E-state index in [1.807, 2.05) is 36.4 Å². The first-order valence-corrected chi connectivity index (χ1v) is 18.0. The van der Waals surface area contributed by atoms with Gasteiger partial charge in [-0.1, -0.05) is 89.4 Å². The van der Waals surface area contributed by atoms with Crippen molar-refractivity contribution in [3.8, 4) is 22.7 Å². The standard InChI is InChI=1S/C35H38ClFN4O2Si/c1-20(2)44(21(3)4,22(5)6)16-14-24-10-7-9-23-11-8-12-25(30(23)24)32-31(37)33-26(17-38-32)34(27(36)18-39-33)41-19-29-28(41)13-15-40(29)35(42)43/h7-12,17-18,20-22,28-29H,13,15,19H2,1-6H3,(H,42,43)/t28-,29-/m1/s1. The lowest BCUT2D eigenvalue weighted by Gasteiger charge is -2.48. The summed E-state index contributed by atoms with van der Waals surface area (Å²) in [4.78, 5) is 24.3. The third-order valence-electron chi connectivity index (χ3n) is 10.0. The van der Waals surface area contributed by atoms with Crippen LogP contribution in [0.1, 0.15) is 53.5 Å². The van der Waals surface area contributed by atoms with Gasteiger partial charge in [0.25, 0.3) is 0 Å². The Kier molecular flexibility index (Phi) is 7.83. The van der Waals surface area contributed by atoms with Crippen molar-refractivity contribution in [3.05, 3.63) is 65.2 Å². The van der Waals surface area contributed by atoms with Crippen molar-refractivity contribution in [2.75, 3.05) is 18.0 Å². The van der Waals surface area contributed by atoms with Crippen molar-refractivity contribution in [1.82, 2.24) is 14.9 Å². The second kappa shape index (κ2) is 11.4. The van der Waals surface area contributed by atoms with Crippen LogP contribution in [0.2, 0.25) is 21.6 Å². The molecule has 2 aromatic carbocycles. The van der Waals surface area contributed by atoms with Crippen LogP contribution in [0.25, 0.3) is 32.9 Å². The molecular formula is C35H38ClFN4O2Si. The van der Waals surface area contributed by atoms with E-state index in [1.165, 1.54) is 11.1 Å². The van der Waals surface area contributed by atoms with Crippen molar-refractivity contribution < 1.29 is 14.3 Å². The number of pyridine rings is 2. The van der Waals surface area contributed by atoms with E-state index in [-0.39, 0.29) is 23.3 Å². The minimum atomic E-state index is -2.00. The number of anilines is 1. The summed E-state index contributed by atoms with van der Waals surface area (Å²) in [6.07, 6.45) is 2.92. The summed E-state index contributed by atoms with van der Waals surface area (Å²) in [6.45, 7) is 14.8. The summed E-state index contributed by atoms with van der Waals surface area (Å²) in [5.74, 6) is 3.08. The molecule has 9 heteroatoms. The Bertz CT molecular complexity index is 1820. The molecular weight excluding hydrogens is 591 g/mol. The summed E-state index contributed by atoms with van der Waals surface area (Å²) >= 11 is 6.65. The van der Waals surface area contributed by atoms with Gasteiger partial charge in [-0.15, -0.1) is 5.54 Å². The summed E-state index contributed by atoms with van der Waals surface area (Å²) in [6, 6.07) is 11.8. The number of carbonyl (C=O) groups is 1. The second-order valence-corrected chi connectivity index (χ2v) is 19.0. The highest BCUT2D eigenvalue weighted by atomic mass is 35.5. The average Bonchev–Trinajstić information content (AvgIpc) is 3.30. The first kappa shape index (κ1) is 30.4. The van der Waals surface area contributed by atoms with Crippen molar-refractivity contribution in [2.45, 2.75) is 76.7 Å². The number of benzene rings is 2. The molecule has 4 heterocycles. The lowest BCUT2D eigenvalue weighted by Crippen LogP contribution is -2.63. The van der Waals surface area contributed by atoms with Gasteiger partial charge in [0.05, 0.1) is 22.8 Å². The van der Waals surface area contributed by atoms with E-state index in [1.54, 1.807) is 6.20 Å². The molecule has 2 atom stereocenters. The number of nitrogens with zero attached hydrogens (tertiary/aromatic N) is 4. The largest absolute Gasteiger partial charge is 0.465 e. The Hall–Kier alpha value is -3.67. The summed E-state index contributed by atoms with van der Waals surface area (Å²) in [5.41, 5.74) is 7.93. The molecule has 228 valence electrons. The van der Waals surface area contributed by atoms with Gasteiger partial charge in [-0.2, -0.15) is 0 Å². The van der Waals surface area contributed by atoms with E-state index in [0.29, 0.717) is 57.8 Å². The zero-order valence-electron chi connectivity index (χ0n) is 26.0. The highest BCUT2D eigenvalue weighted by molar-refractivity contribution is 6.90. The minimum Gasteiger partial charge on any atom is -0.465 e. The molecule has 2 saturated heterocycles. The van der Waals surface area contributed by atoms with Gasteiger partial charge in [0.2, 0.25) is 0 Å². The van der Waals surface area contributed by atoms with Gasteiger partial charge < -0.3 is 14.9 Å². The first-order valence-electron chi connectivity index (χ1n) is 15.4. The second-order valence-electron chi connectivity index (χ2n) is 13.0. The normalized spacial score (nSPS) is 18.2. The minimum absolute atomic E-state index is 0.00526. The molecule has 44 heavy (non-hydrogen) atoms. The molecule has 2 aliphatic heterocycles. The lowest BCUT2D eigenvalue weighted by molar-refractivity contribution is 0.129. The van der Waals surface area contributed by atoms with E-state index >= 15 is 4.39 Å². The fourth-order valence-corrected chi connectivity index (χ4v) is 13.4. The number of aromatic nitrogens is 2. The van der Waals surface area contributed by atoms with Gasteiger partial charge in [0.15, 0.2) is 5.82 Å². The predicted octanol–water partition coefficient (Wildman–Crippen LogP) is 8.75. The van der Waals surface area contributed by atoms with E-state index < -0.39 is 20.0 Å². The number of likely N-dealkylation sites (tertiary alicyclic amines) is 1. The zero-order valence-corrected chi connectivity index (χ0v) is 27.8. The van der Waals surface area contributed by atoms with E-state index in [4.69, 9.17) is 11.6 Å². The predicted molar refractivity (Wildman–Crippen MR) is 180 cm³/mol. The van der Waals surface area contributed by atoms with Crippen LogP contribution in [0.4, 0.5) is 14.9 Å². The highest BCUT2D eigenvalue weighted by Crippen LogP contribution is 2.45. The molecule has 6 rings (SSSR count). The molecule has 0 saturated carbocycles. The molecule has 1 amide bonds. The fourth-order valence-electron chi connectivity index (χ4n) is 7.93. The Morgan fingerprint density at radius 3 is 2.36 bits per heavy atom. The average molecular weight is 629 g/mol. The number of rotatable bonds is 5. The maximum atomic E-state index is 16.5. The number of halogens is 2. The number of hydrogen-bond acceptors (Lipinski definition) is 4. The quantitative estimate of drug-likeness (QED) is 0.177. The summed E-state index contributed by atoms with van der Waals surface area (Å²) in [7, 11) is -2.00. The number of hydrogen-bond donors (Lipinski definition) is 1. The molecule has 2 aliphatic rings. The molecule has 0 radical (unpaired) electrons. The molecule has 6 nitrogen and oxygen atoms in total. The van der Waals surface area contributed by atoms with Gasteiger partial charge in [-0.3, -0.25) is 9.97 Å². The van der Waals surface area contributed by atoms with Gasteiger partial charge in [-0.05, 0) is 34.5 Å². The zero-order chi connectivity index (χ0) is 31.5. The van der Waals surface area contributed by atoms with Crippen LogP contribution in [0.15, 0.2) is 48.8 Å². The molecule has 0 bridgehead atoms. The van der Waals surface area contributed by atoms with Gasteiger partial charge >= 0.3 is 6.09 Å². The van der Waals surface area contributed by atoms with Crippen LogP contribution in [0, 0.1) is 17.3 Å². The van der Waals surface area contributed by atoms with Crippen molar-refractivity contribution in [3.63, 3.8) is 0 Å². The van der Waals surface area contributed by atoms with Crippen LogP contribution >= 0.6 is 11.6 Å². The molecule has 0 spiro atoms. The topological polar surface area (TPSA) is 69.6 Å².